The van der Waals surface area contributed by atoms with Crippen LogP contribution in [0, 0.1) is 0 Å². The Morgan fingerprint density at radius 2 is 1.77 bits per heavy atom. The molecule has 1 aromatic carbocycles. The lowest BCUT2D eigenvalue weighted by molar-refractivity contribution is 0.0792. The molecule has 0 aliphatic carbocycles. The lowest BCUT2D eigenvalue weighted by atomic mass is 10.2. The maximum absolute atomic E-state index is 12.3. The van der Waals surface area contributed by atoms with E-state index in [0.717, 1.165) is 32.4 Å². The molecule has 7 nitrogen and oxygen atoms in total. The first-order chi connectivity index (χ1) is 12.6. The molecule has 1 fully saturated rings. The number of rotatable bonds is 5. The quantitative estimate of drug-likeness (QED) is 0.891. The number of carbonyl (C=O) groups excluding carboxylic acids is 2. The summed E-state index contributed by atoms with van der Waals surface area (Å²) in [5, 5.41) is 6.83. The second-order valence-electron chi connectivity index (χ2n) is 6.31. The van der Waals surface area contributed by atoms with E-state index in [1.807, 2.05) is 11.8 Å². The summed E-state index contributed by atoms with van der Waals surface area (Å²) >= 11 is 0. The standard InChI is InChI=1S/C19H22N4O3/c1-2-11-23-17(24)10-9-16(21-23)18(25)20-15-7-5-14(6-8-15)19(26)22-12-3-4-13-22/h5-10H,2-4,11-13H2,1H3,(H,20,25). The van der Waals surface area contributed by atoms with Crippen molar-refractivity contribution in [2.45, 2.75) is 32.7 Å². The second kappa shape index (κ2) is 7.95. The fraction of sp³-hybridized carbons (Fsp3) is 0.368. The molecule has 0 unspecified atom stereocenters. The third kappa shape index (κ3) is 3.99. The van der Waals surface area contributed by atoms with Crippen molar-refractivity contribution in [1.29, 1.82) is 0 Å². The molecule has 0 atom stereocenters. The molecule has 2 amide bonds. The third-order valence-corrected chi connectivity index (χ3v) is 4.32. The number of aryl methyl sites for hydroxylation is 1. The predicted octanol–water partition coefficient (Wildman–Crippen LogP) is 2.14. The van der Waals surface area contributed by atoms with Crippen LogP contribution < -0.4 is 10.9 Å². The van der Waals surface area contributed by atoms with Crippen molar-refractivity contribution in [2.75, 3.05) is 18.4 Å². The van der Waals surface area contributed by atoms with Crippen LogP contribution in [0.15, 0.2) is 41.2 Å². The molecule has 2 aromatic rings. The molecular formula is C19H22N4O3. The van der Waals surface area contributed by atoms with Crippen LogP contribution >= 0.6 is 0 Å². The molecule has 7 heteroatoms. The molecule has 26 heavy (non-hydrogen) atoms. The fourth-order valence-electron chi connectivity index (χ4n) is 2.94. The normalized spacial score (nSPS) is 13.7. The van der Waals surface area contributed by atoms with Gasteiger partial charge in [-0.1, -0.05) is 6.92 Å². The van der Waals surface area contributed by atoms with Crippen molar-refractivity contribution in [1.82, 2.24) is 14.7 Å². The first-order valence-corrected chi connectivity index (χ1v) is 8.87. The lowest BCUT2D eigenvalue weighted by Crippen LogP contribution is -2.27. The van der Waals surface area contributed by atoms with Gasteiger partial charge in [-0.05, 0) is 49.6 Å². The van der Waals surface area contributed by atoms with E-state index in [2.05, 4.69) is 10.4 Å². The van der Waals surface area contributed by atoms with Crippen molar-refractivity contribution in [2.24, 2.45) is 0 Å². The summed E-state index contributed by atoms with van der Waals surface area (Å²) in [6, 6.07) is 9.57. The van der Waals surface area contributed by atoms with Crippen molar-refractivity contribution >= 4 is 17.5 Å². The molecule has 1 aliphatic heterocycles. The highest BCUT2D eigenvalue weighted by Crippen LogP contribution is 2.15. The Morgan fingerprint density at radius 3 is 2.42 bits per heavy atom. The van der Waals surface area contributed by atoms with Gasteiger partial charge in [0, 0.05) is 37.0 Å². The molecule has 0 bridgehead atoms. The molecule has 1 aromatic heterocycles. The molecule has 0 spiro atoms. The van der Waals surface area contributed by atoms with E-state index in [0.29, 0.717) is 17.8 Å². The van der Waals surface area contributed by atoms with Gasteiger partial charge in [-0.15, -0.1) is 0 Å². The van der Waals surface area contributed by atoms with E-state index in [1.54, 1.807) is 24.3 Å². The first kappa shape index (κ1) is 17.8. The van der Waals surface area contributed by atoms with Crippen molar-refractivity contribution < 1.29 is 9.59 Å². The Hall–Kier alpha value is -2.96. The monoisotopic (exact) mass is 354 g/mol. The second-order valence-corrected chi connectivity index (χ2v) is 6.31. The topological polar surface area (TPSA) is 84.3 Å². The zero-order valence-corrected chi connectivity index (χ0v) is 14.8. The summed E-state index contributed by atoms with van der Waals surface area (Å²) in [4.78, 5) is 38.2. The van der Waals surface area contributed by atoms with Gasteiger partial charge in [-0.2, -0.15) is 5.10 Å². The summed E-state index contributed by atoms with van der Waals surface area (Å²) in [5.74, 6) is -0.373. The van der Waals surface area contributed by atoms with Crippen LogP contribution in [0.25, 0.3) is 0 Å². The molecule has 1 saturated heterocycles. The number of carbonyl (C=O) groups is 2. The molecule has 1 N–H and O–H groups in total. The number of amides is 2. The minimum absolute atomic E-state index is 0.0219. The Kier molecular flexibility index (Phi) is 5.46. The molecular weight excluding hydrogens is 332 g/mol. The van der Waals surface area contributed by atoms with E-state index < -0.39 is 5.91 Å². The van der Waals surface area contributed by atoms with E-state index in [-0.39, 0.29) is 17.2 Å². The maximum atomic E-state index is 12.3. The third-order valence-electron chi connectivity index (χ3n) is 4.32. The summed E-state index contributed by atoms with van der Waals surface area (Å²) in [6.45, 7) is 4.01. The van der Waals surface area contributed by atoms with Crippen LogP contribution in [0.5, 0.6) is 0 Å². The van der Waals surface area contributed by atoms with Crippen LogP contribution in [0.2, 0.25) is 0 Å². The Bertz CT molecular complexity index is 852. The lowest BCUT2D eigenvalue weighted by Gasteiger charge is -2.15. The summed E-state index contributed by atoms with van der Waals surface area (Å²) in [5.41, 5.74) is 1.13. The van der Waals surface area contributed by atoms with Gasteiger partial charge in [0.25, 0.3) is 17.4 Å². The van der Waals surface area contributed by atoms with Gasteiger partial charge in [0.15, 0.2) is 0 Å². The number of anilines is 1. The molecule has 2 heterocycles. The minimum atomic E-state index is -0.395. The van der Waals surface area contributed by atoms with Gasteiger partial charge < -0.3 is 10.2 Å². The van der Waals surface area contributed by atoms with Crippen molar-refractivity contribution in [3.05, 3.63) is 58.0 Å². The van der Waals surface area contributed by atoms with Gasteiger partial charge in [0.1, 0.15) is 5.69 Å². The van der Waals surface area contributed by atoms with E-state index in [4.69, 9.17) is 0 Å². The van der Waals surface area contributed by atoms with Gasteiger partial charge in [-0.25, -0.2) is 4.68 Å². The number of hydrogen-bond acceptors (Lipinski definition) is 4. The van der Waals surface area contributed by atoms with Gasteiger partial charge in [0.2, 0.25) is 0 Å². The number of hydrogen-bond donors (Lipinski definition) is 1. The number of nitrogens with zero attached hydrogens (tertiary/aromatic N) is 3. The summed E-state index contributed by atoms with van der Waals surface area (Å²) < 4.78 is 1.28. The Balaban J connectivity index is 1.68. The molecule has 0 radical (unpaired) electrons. The smallest absolute Gasteiger partial charge is 0.276 e. The number of nitrogens with one attached hydrogen (secondary N) is 1. The highest BCUT2D eigenvalue weighted by Gasteiger charge is 2.19. The van der Waals surface area contributed by atoms with Gasteiger partial charge in [0.05, 0.1) is 0 Å². The predicted molar refractivity (Wildman–Crippen MR) is 98.3 cm³/mol. The first-order valence-electron chi connectivity index (χ1n) is 8.87. The van der Waals surface area contributed by atoms with Crippen LogP contribution in [0.3, 0.4) is 0 Å². The average molecular weight is 354 g/mol. The Morgan fingerprint density at radius 1 is 1.08 bits per heavy atom. The number of likely N-dealkylation sites (tertiary alicyclic amines) is 1. The van der Waals surface area contributed by atoms with E-state index >= 15 is 0 Å². The van der Waals surface area contributed by atoms with Crippen LogP contribution in [-0.2, 0) is 6.54 Å². The van der Waals surface area contributed by atoms with Crippen molar-refractivity contribution in [3.8, 4) is 0 Å². The number of aromatic nitrogens is 2. The highest BCUT2D eigenvalue weighted by molar-refractivity contribution is 6.03. The summed E-state index contributed by atoms with van der Waals surface area (Å²) in [7, 11) is 0. The molecule has 3 rings (SSSR count). The zero-order chi connectivity index (χ0) is 18.5. The zero-order valence-electron chi connectivity index (χ0n) is 14.8. The van der Waals surface area contributed by atoms with Gasteiger partial charge >= 0.3 is 0 Å². The van der Waals surface area contributed by atoms with E-state index in [9.17, 15) is 14.4 Å². The molecule has 1 aliphatic rings. The Labute approximate surface area is 151 Å². The van der Waals surface area contributed by atoms with Gasteiger partial charge in [-0.3, -0.25) is 14.4 Å². The highest BCUT2D eigenvalue weighted by atomic mass is 16.2. The number of benzene rings is 1. The fourth-order valence-corrected chi connectivity index (χ4v) is 2.94. The van der Waals surface area contributed by atoms with Crippen LogP contribution in [0.1, 0.15) is 47.0 Å². The van der Waals surface area contributed by atoms with Crippen LogP contribution in [0.4, 0.5) is 5.69 Å². The largest absolute Gasteiger partial charge is 0.339 e. The molecule has 136 valence electrons. The SMILES string of the molecule is CCCn1nc(C(=O)Nc2ccc(C(=O)N3CCCC3)cc2)ccc1=O. The molecule has 0 saturated carbocycles. The summed E-state index contributed by atoms with van der Waals surface area (Å²) in [6.07, 6.45) is 2.85. The van der Waals surface area contributed by atoms with Crippen LogP contribution in [-0.4, -0.2) is 39.6 Å². The van der Waals surface area contributed by atoms with E-state index in [1.165, 1.54) is 16.8 Å². The average Bonchev–Trinajstić information content (AvgIpc) is 3.18. The van der Waals surface area contributed by atoms with Crippen molar-refractivity contribution in [3.63, 3.8) is 0 Å². The maximum Gasteiger partial charge on any atom is 0.276 e. The minimum Gasteiger partial charge on any atom is -0.339 e.